The van der Waals surface area contributed by atoms with Crippen LogP contribution in [0.1, 0.15) is 12.0 Å². The Morgan fingerprint density at radius 3 is 3.00 bits per heavy atom. The van der Waals surface area contributed by atoms with Crippen LogP contribution in [0.4, 0.5) is 0 Å². The first kappa shape index (κ1) is 11.2. The molecule has 0 aliphatic carbocycles. The van der Waals surface area contributed by atoms with Gasteiger partial charge in [-0.05, 0) is 36.6 Å². The van der Waals surface area contributed by atoms with Crippen LogP contribution in [0.5, 0.6) is 0 Å². The maximum Gasteiger partial charge on any atom is 0.0457 e. The molecule has 0 saturated carbocycles. The van der Waals surface area contributed by atoms with Crippen molar-refractivity contribution in [2.75, 3.05) is 20.2 Å². The predicted molar refractivity (Wildman–Crippen MR) is 66.3 cm³/mol. The lowest BCUT2D eigenvalue weighted by atomic mass is 10.1. The van der Waals surface area contributed by atoms with E-state index in [0.717, 1.165) is 19.5 Å². The monoisotopic (exact) mass is 218 g/mol. The summed E-state index contributed by atoms with van der Waals surface area (Å²) in [7, 11) is 2.08. The Bertz CT molecular complexity index is 450. The van der Waals surface area contributed by atoms with Gasteiger partial charge in [0, 0.05) is 31.4 Å². The van der Waals surface area contributed by atoms with E-state index in [0.29, 0.717) is 0 Å². The van der Waals surface area contributed by atoms with Crippen molar-refractivity contribution in [3.63, 3.8) is 0 Å². The molecule has 0 aliphatic heterocycles. The minimum absolute atomic E-state index is 0.264. The number of hydrogen-bond donors (Lipinski definition) is 2. The second-order valence-electron chi connectivity index (χ2n) is 4.21. The molecular weight excluding hydrogens is 200 g/mol. The zero-order valence-corrected chi connectivity index (χ0v) is 9.61. The molecule has 3 nitrogen and oxygen atoms in total. The molecule has 2 aromatic rings. The summed E-state index contributed by atoms with van der Waals surface area (Å²) in [6, 6.07) is 8.56. The molecule has 1 aromatic heterocycles. The first-order valence-electron chi connectivity index (χ1n) is 5.65. The van der Waals surface area contributed by atoms with Gasteiger partial charge in [-0.1, -0.05) is 12.1 Å². The predicted octanol–water partition coefficient (Wildman–Crippen LogP) is 1.98. The number of hydrogen-bond acceptors (Lipinski definition) is 2. The van der Waals surface area contributed by atoms with Gasteiger partial charge in [0.05, 0.1) is 0 Å². The van der Waals surface area contributed by atoms with E-state index in [9.17, 15) is 0 Å². The topological polar surface area (TPSA) is 39.3 Å². The van der Waals surface area contributed by atoms with Gasteiger partial charge in [0.2, 0.25) is 0 Å². The molecule has 0 atom stereocenters. The van der Waals surface area contributed by atoms with Crippen LogP contribution in [0, 0.1) is 0 Å². The number of aromatic amines is 1. The van der Waals surface area contributed by atoms with E-state index in [4.69, 9.17) is 5.11 Å². The van der Waals surface area contributed by atoms with Gasteiger partial charge in [0.15, 0.2) is 0 Å². The van der Waals surface area contributed by atoms with Crippen molar-refractivity contribution in [1.82, 2.24) is 9.88 Å². The Labute approximate surface area is 95.7 Å². The lowest BCUT2D eigenvalue weighted by Crippen LogP contribution is -2.19. The zero-order valence-electron chi connectivity index (χ0n) is 9.61. The van der Waals surface area contributed by atoms with Crippen molar-refractivity contribution in [3.8, 4) is 0 Å². The van der Waals surface area contributed by atoms with Crippen LogP contribution in [0.25, 0.3) is 10.9 Å². The summed E-state index contributed by atoms with van der Waals surface area (Å²) in [5, 5.41) is 10.0. The minimum Gasteiger partial charge on any atom is -0.396 e. The third kappa shape index (κ3) is 2.62. The van der Waals surface area contributed by atoms with Crippen LogP contribution in [0.3, 0.4) is 0 Å². The maximum atomic E-state index is 8.76. The van der Waals surface area contributed by atoms with Crippen LogP contribution in [0.2, 0.25) is 0 Å². The molecule has 0 amide bonds. The largest absolute Gasteiger partial charge is 0.396 e. The lowest BCUT2D eigenvalue weighted by Gasteiger charge is -2.15. The molecule has 0 unspecified atom stereocenters. The van der Waals surface area contributed by atoms with Crippen LogP contribution in [0.15, 0.2) is 30.5 Å². The maximum absolute atomic E-state index is 8.76. The summed E-state index contributed by atoms with van der Waals surface area (Å²) in [4.78, 5) is 5.44. The average Bonchev–Trinajstić information content (AvgIpc) is 2.73. The van der Waals surface area contributed by atoms with Crippen LogP contribution in [-0.4, -0.2) is 35.2 Å². The van der Waals surface area contributed by atoms with Gasteiger partial charge in [-0.15, -0.1) is 0 Å². The van der Waals surface area contributed by atoms with Gasteiger partial charge in [0.1, 0.15) is 0 Å². The minimum atomic E-state index is 0.264. The fourth-order valence-electron chi connectivity index (χ4n) is 1.92. The number of nitrogens with zero attached hydrogens (tertiary/aromatic N) is 1. The second kappa shape index (κ2) is 5.14. The van der Waals surface area contributed by atoms with E-state index in [2.05, 4.69) is 41.2 Å². The Kier molecular flexibility index (Phi) is 3.59. The molecule has 16 heavy (non-hydrogen) atoms. The SMILES string of the molecule is CN(CCCO)Cc1ccc2cc[nH]c2c1. The summed E-state index contributed by atoms with van der Waals surface area (Å²) < 4.78 is 0. The summed E-state index contributed by atoms with van der Waals surface area (Å²) >= 11 is 0. The lowest BCUT2D eigenvalue weighted by molar-refractivity contribution is 0.244. The molecule has 2 N–H and O–H groups in total. The highest BCUT2D eigenvalue weighted by atomic mass is 16.3. The van der Waals surface area contributed by atoms with Crippen LogP contribution < -0.4 is 0 Å². The summed E-state index contributed by atoms with van der Waals surface area (Å²) in [5.41, 5.74) is 2.49. The highest BCUT2D eigenvalue weighted by Gasteiger charge is 2.01. The standard InChI is InChI=1S/C13H18N2O/c1-15(7-2-8-16)10-11-3-4-12-5-6-14-13(12)9-11/h3-6,9,14,16H,2,7-8,10H2,1H3. The van der Waals surface area contributed by atoms with Crippen molar-refractivity contribution in [3.05, 3.63) is 36.0 Å². The fourth-order valence-corrected chi connectivity index (χ4v) is 1.92. The number of rotatable bonds is 5. The van der Waals surface area contributed by atoms with Gasteiger partial charge in [-0.3, -0.25) is 0 Å². The van der Waals surface area contributed by atoms with Gasteiger partial charge < -0.3 is 15.0 Å². The molecule has 0 spiro atoms. The molecule has 3 heteroatoms. The molecule has 1 aromatic carbocycles. The zero-order chi connectivity index (χ0) is 11.4. The van der Waals surface area contributed by atoms with Gasteiger partial charge >= 0.3 is 0 Å². The number of aliphatic hydroxyl groups is 1. The molecule has 0 bridgehead atoms. The molecule has 0 fully saturated rings. The molecule has 0 saturated heterocycles. The van der Waals surface area contributed by atoms with Crippen molar-refractivity contribution in [2.24, 2.45) is 0 Å². The third-order valence-electron chi connectivity index (χ3n) is 2.77. The number of aromatic nitrogens is 1. The number of fused-ring (bicyclic) bond motifs is 1. The Balaban J connectivity index is 2.03. The van der Waals surface area contributed by atoms with Gasteiger partial charge in [-0.25, -0.2) is 0 Å². The Morgan fingerprint density at radius 2 is 2.19 bits per heavy atom. The normalized spacial score (nSPS) is 11.4. The number of H-pyrrole nitrogens is 1. The Morgan fingerprint density at radius 1 is 1.31 bits per heavy atom. The molecule has 2 rings (SSSR count). The highest BCUT2D eigenvalue weighted by molar-refractivity contribution is 5.79. The summed E-state index contributed by atoms with van der Waals surface area (Å²) in [5.74, 6) is 0. The summed E-state index contributed by atoms with van der Waals surface area (Å²) in [6.07, 6.45) is 2.80. The smallest absolute Gasteiger partial charge is 0.0457 e. The highest BCUT2D eigenvalue weighted by Crippen LogP contribution is 2.15. The van der Waals surface area contributed by atoms with E-state index in [-0.39, 0.29) is 6.61 Å². The Hall–Kier alpha value is -1.32. The quantitative estimate of drug-likeness (QED) is 0.805. The van der Waals surface area contributed by atoms with Crippen LogP contribution >= 0.6 is 0 Å². The molecule has 0 aliphatic rings. The third-order valence-corrected chi connectivity index (χ3v) is 2.77. The molecular formula is C13H18N2O. The summed E-state index contributed by atoms with van der Waals surface area (Å²) in [6.45, 7) is 2.12. The number of aliphatic hydroxyl groups excluding tert-OH is 1. The second-order valence-corrected chi connectivity index (χ2v) is 4.21. The van der Waals surface area contributed by atoms with E-state index >= 15 is 0 Å². The number of benzene rings is 1. The van der Waals surface area contributed by atoms with Crippen molar-refractivity contribution >= 4 is 10.9 Å². The fraction of sp³-hybridized carbons (Fsp3) is 0.385. The average molecular weight is 218 g/mol. The molecule has 1 heterocycles. The number of nitrogens with one attached hydrogen (secondary N) is 1. The molecule has 0 radical (unpaired) electrons. The first-order valence-corrected chi connectivity index (χ1v) is 5.65. The van der Waals surface area contributed by atoms with Crippen molar-refractivity contribution in [2.45, 2.75) is 13.0 Å². The molecule has 86 valence electrons. The van der Waals surface area contributed by atoms with Crippen molar-refractivity contribution in [1.29, 1.82) is 0 Å². The van der Waals surface area contributed by atoms with E-state index in [1.165, 1.54) is 16.5 Å². The van der Waals surface area contributed by atoms with Crippen molar-refractivity contribution < 1.29 is 5.11 Å². The van der Waals surface area contributed by atoms with Crippen LogP contribution in [-0.2, 0) is 6.54 Å². The van der Waals surface area contributed by atoms with Gasteiger partial charge in [-0.2, -0.15) is 0 Å². The van der Waals surface area contributed by atoms with E-state index in [1.54, 1.807) is 0 Å². The van der Waals surface area contributed by atoms with E-state index in [1.807, 2.05) is 6.20 Å². The van der Waals surface area contributed by atoms with Gasteiger partial charge in [0.25, 0.3) is 0 Å². The van der Waals surface area contributed by atoms with E-state index < -0.39 is 0 Å². The first-order chi connectivity index (χ1) is 7.79.